The van der Waals surface area contributed by atoms with Gasteiger partial charge in [-0.1, -0.05) is 42.5 Å². The molecule has 25 heavy (non-hydrogen) atoms. The van der Waals surface area contributed by atoms with Gasteiger partial charge in [0, 0.05) is 19.2 Å². The molecule has 2 aromatic rings. The van der Waals surface area contributed by atoms with E-state index in [1.54, 1.807) is 13.2 Å². The molecule has 0 spiro atoms. The summed E-state index contributed by atoms with van der Waals surface area (Å²) < 4.78 is 5.21. The molecule has 1 saturated heterocycles. The molecule has 2 aromatic carbocycles. The lowest BCUT2D eigenvalue weighted by Gasteiger charge is -2.31. The molecule has 0 aliphatic carbocycles. The first-order chi connectivity index (χ1) is 12.2. The average Bonchev–Trinajstić information content (AvgIpc) is 2.67. The number of nitrogens with zero attached hydrogens (tertiary/aromatic N) is 1. The molecule has 3 heteroatoms. The first kappa shape index (κ1) is 17.3. The molecule has 3 nitrogen and oxygen atoms in total. The molecule has 0 N–H and O–H groups in total. The number of rotatable bonds is 5. The van der Waals surface area contributed by atoms with Crippen LogP contribution in [0.1, 0.15) is 24.0 Å². The largest absolute Gasteiger partial charge is 0.497 e. The Morgan fingerprint density at radius 2 is 1.88 bits per heavy atom. The van der Waals surface area contributed by atoms with Crippen molar-refractivity contribution in [2.24, 2.45) is 5.92 Å². The van der Waals surface area contributed by atoms with Crippen molar-refractivity contribution in [3.63, 3.8) is 0 Å². The Morgan fingerprint density at radius 3 is 2.60 bits per heavy atom. The lowest BCUT2D eigenvalue weighted by atomic mass is 9.90. The van der Waals surface area contributed by atoms with Crippen LogP contribution in [0.2, 0.25) is 0 Å². The van der Waals surface area contributed by atoms with Crippen molar-refractivity contribution in [3.05, 3.63) is 71.8 Å². The topological polar surface area (TPSA) is 29.5 Å². The SMILES string of the molecule is COc1cccc(/C=C/C(=O)N2CCC(Cc3ccccc3)CC2)c1. The first-order valence-electron chi connectivity index (χ1n) is 8.89. The van der Waals surface area contributed by atoms with E-state index in [4.69, 9.17) is 4.74 Å². The summed E-state index contributed by atoms with van der Waals surface area (Å²) in [7, 11) is 1.65. The third kappa shape index (κ3) is 4.96. The van der Waals surface area contributed by atoms with Gasteiger partial charge in [-0.2, -0.15) is 0 Å². The zero-order chi connectivity index (χ0) is 17.5. The van der Waals surface area contributed by atoms with Gasteiger partial charge in [-0.3, -0.25) is 4.79 Å². The number of hydrogen-bond donors (Lipinski definition) is 0. The molecule has 1 aliphatic heterocycles. The number of carbonyl (C=O) groups excluding carboxylic acids is 1. The number of amides is 1. The van der Waals surface area contributed by atoms with Gasteiger partial charge >= 0.3 is 0 Å². The van der Waals surface area contributed by atoms with Gasteiger partial charge in [0.15, 0.2) is 0 Å². The summed E-state index contributed by atoms with van der Waals surface area (Å²) in [5, 5.41) is 0. The molecule has 0 atom stereocenters. The molecule has 130 valence electrons. The van der Waals surface area contributed by atoms with Crippen molar-refractivity contribution < 1.29 is 9.53 Å². The second-order valence-electron chi connectivity index (χ2n) is 6.57. The predicted molar refractivity (Wildman–Crippen MR) is 101 cm³/mol. The van der Waals surface area contributed by atoms with Crippen molar-refractivity contribution in [1.29, 1.82) is 0 Å². The number of piperidine rings is 1. The highest BCUT2D eigenvalue weighted by molar-refractivity contribution is 5.91. The summed E-state index contributed by atoms with van der Waals surface area (Å²) in [6.45, 7) is 1.69. The second-order valence-corrected chi connectivity index (χ2v) is 6.57. The van der Waals surface area contributed by atoms with Crippen molar-refractivity contribution in [1.82, 2.24) is 4.90 Å². The molecule has 0 bridgehead atoms. The van der Waals surface area contributed by atoms with Gasteiger partial charge in [-0.15, -0.1) is 0 Å². The van der Waals surface area contributed by atoms with Crippen LogP contribution in [0.4, 0.5) is 0 Å². The van der Waals surface area contributed by atoms with Crippen LogP contribution in [0.5, 0.6) is 5.75 Å². The van der Waals surface area contributed by atoms with E-state index in [1.807, 2.05) is 35.2 Å². The summed E-state index contributed by atoms with van der Waals surface area (Å²) in [4.78, 5) is 14.4. The quantitative estimate of drug-likeness (QED) is 0.767. The Kier molecular flexibility index (Phi) is 5.89. The van der Waals surface area contributed by atoms with Crippen LogP contribution in [-0.2, 0) is 11.2 Å². The Bertz CT molecular complexity index is 716. The van der Waals surface area contributed by atoms with Crippen molar-refractivity contribution in [2.75, 3.05) is 20.2 Å². The minimum Gasteiger partial charge on any atom is -0.497 e. The van der Waals surface area contributed by atoms with Gasteiger partial charge in [0.25, 0.3) is 0 Å². The highest BCUT2D eigenvalue weighted by Gasteiger charge is 2.21. The molecule has 0 unspecified atom stereocenters. The van der Waals surface area contributed by atoms with Crippen LogP contribution in [0.25, 0.3) is 6.08 Å². The minimum atomic E-state index is 0.0981. The average molecular weight is 335 g/mol. The summed E-state index contributed by atoms with van der Waals surface area (Å²) in [5.41, 5.74) is 2.37. The van der Waals surface area contributed by atoms with Crippen LogP contribution in [0.15, 0.2) is 60.7 Å². The maximum absolute atomic E-state index is 12.4. The number of ether oxygens (including phenoxy) is 1. The fraction of sp³-hybridized carbons (Fsp3) is 0.318. The number of likely N-dealkylation sites (tertiary alicyclic amines) is 1. The molecular formula is C22H25NO2. The molecule has 1 fully saturated rings. The molecule has 1 heterocycles. The van der Waals surface area contributed by atoms with Crippen LogP contribution in [0.3, 0.4) is 0 Å². The lowest BCUT2D eigenvalue weighted by molar-refractivity contribution is -0.127. The van der Waals surface area contributed by atoms with E-state index in [2.05, 4.69) is 30.3 Å². The first-order valence-corrected chi connectivity index (χ1v) is 8.89. The van der Waals surface area contributed by atoms with E-state index in [0.29, 0.717) is 5.92 Å². The standard InChI is InChI=1S/C22H25NO2/c1-25-21-9-5-8-19(17-21)10-11-22(24)23-14-12-20(13-15-23)16-18-6-3-2-4-7-18/h2-11,17,20H,12-16H2,1H3/b11-10+. The molecule has 1 amide bonds. The smallest absolute Gasteiger partial charge is 0.246 e. The normalized spacial score (nSPS) is 15.5. The number of hydrogen-bond acceptors (Lipinski definition) is 2. The fourth-order valence-electron chi connectivity index (χ4n) is 3.32. The van der Waals surface area contributed by atoms with Gasteiger partial charge in [0.2, 0.25) is 5.91 Å². The van der Waals surface area contributed by atoms with Gasteiger partial charge in [-0.25, -0.2) is 0 Å². The molecular weight excluding hydrogens is 310 g/mol. The highest BCUT2D eigenvalue weighted by atomic mass is 16.5. The van der Waals surface area contributed by atoms with E-state index in [-0.39, 0.29) is 5.91 Å². The maximum Gasteiger partial charge on any atom is 0.246 e. The summed E-state index contributed by atoms with van der Waals surface area (Å²) >= 11 is 0. The third-order valence-corrected chi connectivity index (χ3v) is 4.81. The van der Waals surface area contributed by atoms with Crippen LogP contribution >= 0.6 is 0 Å². The monoisotopic (exact) mass is 335 g/mol. The van der Waals surface area contributed by atoms with E-state index < -0.39 is 0 Å². The van der Waals surface area contributed by atoms with Crippen LogP contribution < -0.4 is 4.74 Å². The second kappa shape index (κ2) is 8.52. The number of benzene rings is 2. The lowest BCUT2D eigenvalue weighted by Crippen LogP contribution is -2.37. The van der Waals surface area contributed by atoms with Gasteiger partial charge in [0.1, 0.15) is 5.75 Å². The Labute approximate surface area is 149 Å². The Balaban J connectivity index is 1.50. The van der Waals surface area contributed by atoms with Crippen molar-refractivity contribution in [2.45, 2.75) is 19.3 Å². The van der Waals surface area contributed by atoms with Crippen LogP contribution in [0, 0.1) is 5.92 Å². The van der Waals surface area contributed by atoms with Crippen molar-refractivity contribution in [3.8, 4) is 5.75 Å². The summed E-state index contributed by atoms with van der Waals surface area (Å²) in [5.74, 6) is 1.58. The molecule has 3 rings (SSSR count). The van der Waals surface area contributed by atoms with Gasteiger partial charge in [0.05, 0.1) is 7.11 Å². The molecule has 0 aromatic heterocycles. The van der Waals surface area contributed by atoms with Gasteiger partial charge < -0.3 is 9.64 Å². The van der Waals surface area contributed by atoms with E-state index >= 15 is 0 Å². The molecule has 0 saturated carbocycles. The van der Waals surface area contributed by atoms with Crippen molar-refractivity contribution >= 4 is 12.0 Å². The predicted octanol–water partition coefficient (Wildman–Crippen LogP) is 4.19. The number of methoxy groups -OCH3 is 1. The number of carbonyl (C=O) groups is 1. The summed E-state index contributed by atoms with van der Waals surface area (Å²) in [6.07, 6.45) is 6.80. The zero-order valence-corrected chi connectivity index (χ0v) is 14.7. The minimum absolute atomic E-state index is 0.0981. The highest BCUT2D eigenvalue weighted by Crippen LogP contribution is 2.22. The third-order valence-electron chi connectivity index (χ3n) is 4.81. The Hall–Kier alpha value is -2.55. The van der Waals surface area contributed by atoms with E-state index in [9.17, 15) is 4.79 Å². The zero-order valence-electron chi connectivity index (χ0n) is 14.7. The van der Waals surface area contributed by atoms with Gasteiger partial charge in [-0.05, 0) is 54.5 Å². The molecule has 1 aliphatic rings. The fourth-order valence-corrected chi connectivity index (χ4v) is 3.32. The Morgan fingerprint density at radius 1 is 1.12 bits per heavy atom. The summed E-state index contributed by atoms with van der Waals surface area (Å²) in [6, 6.07) is 18.3. The van der Waals surface area contributed by atoms with E-state index in [0.717, 1.165) is 43.7 Å². The maximum atomic E-state index is 12.4. The molecule has 0 radical (unpaired) electrons. The van der Waals surface area contributed by atoms with E-state index in [1.165, 1.54) is 5.56 Å². The van der Waals surface area contributed by atoms with Crippen LogP contribution in [-0.4, -0.2) is 31.0 Å².